The van der Waals surface area contributed by atoms with Gasteiger partial charge in [0.05, 0.1) is 12.7 Å². The minimum Gasteiger partial charge on any atom is -0.376 e. The Morgan fingerprint density at radius 1 is 1.39 bits per heavy atom. The van der Waals surface area contributed by atoms with Crippen molar-refractivity contribution in [1.82, 2.24) is 5.32 Å². The van der Waals surface area contributed by atoms with Crippen LogP contribution >= 0.6 is 0 Å². The molecule has 0 spiro atoms. The van der Waals surface area contributed by atoms with Gasteiger partial charge in [0.2, 0.25) is 5.91 Å². The summed E-state index contributed by atoms with van der Waals surface area (Å²) in [5.74, 6) is 0.00566. The van der Waals surface area contributed by atoms with E-state index in [0.29, 0.717) is 25.3 Å². The first-order valence-electron chi connectivity index (χ1n) is 6.95. The van der Waals surface area contributed by atoms with E-state index in [2.05, 4.69) is 5.32 Å². The van der Waals surface area contributed by atoms with Crippen LogP contribution in [0.5, 0.6) is 0 Å². The highest BCUT2D eigenvalue weighted by molar-refractivity contribution is 5.92. The van der Waals surface area contributed by atoms with Gasteiger partial charge in [-0.1, -0.05) is 13.0 Å². The van der Waals surface area contributed by atoms with E-state index in [4.69, 9.17) is 10.5 Å². The lowest BCUT2D eigenvalue weighted by Gasteiger charge is -2.26. The molecular formula is C14H26N2O2. The molecule has 1 aliphatic rings. The smallest absolute Gasteiger partial charge is 0.246 e. The topological polar surface area (TPSA) is 64.3 Å². The lowest BCUT2D eigenvalue weighted by Crippen LogP contribution is -2.33. The van der Waals surface area contributed by atoms with Crippen LogP contribution < -0.4 is 11.1 Å². The Labute approximate surface area is 110 Å². The monoisotopic (exact) mass is 254 g/mol. The average Bonchev–Trinajstić information content (AvgIpc) is 2.36. The minimum absolute atomic E-state index is 0.00566. The second-order valence-electron chi connectivity index (χ2n) is 4.96. The molecule has 4 nitrogen and oxygen atoms in total. The van der Waals surface area contributed by atoms with E-state index in [0.717, 1.165) is 37.7 Å². The quantitative estimate of drug-likeness (QED) is 0.560. The van der Waals surface area contributed by atoms with Gasteiger partial charge >= 0.3 is 0 Å². The summed E-state index contributed by atoms with van der Waals surface area (Å²) in [4.78, 5) is 11.6. The predicted octanol–water partition coefficient (Wildman–Crippen LogP) is 1.75. The average molecular weight is 254 g/mol. The van der Waals surface area contributed by atoms with Gasteiger partial charge in [-0.15, -0.1) is 0 Å². The third-order valence-electron chi connectivity index (χ3n) is 3.33. The van der Waals surface area contributed by atoms with Crippen molar-refractivity contribution in [2.24, 2.45) is 5.73 Å². The number of hydrogen-bond donors (Lipinski definition) is 2. The zero-order valence-electron chi connectivity index (χ0n) is 11.6. The van der Waals surface area contributed by atoms with Crippen molar-refractivity contribution >= 4 is 5.91 Å². The van der Waals surface area contributed by atoms with E-state index in [1.165, 1.54) is 0 Å². The Balaban J connectivity index is 2.08. The Morgan fingerprint density at radius 3 is 2.67 bits per heavy atom. The molecule has 3 N–H and O–H groups in total. The predicted molar refractivity (Wildman–Crippen MR) is 73.2 cm³/mol. The highest BCUT2D eigenvalue weighted by Gasteiger charge is 2.18. The van der Waals surface area contributed by atoms with Crippen LogP contribution in [0, 0.1) is 0 Å². The molecule has 0 aliphatic heterocycles. The van der Waals surface area contributed by atoms with Gasteiger partial charge in [-0.2, -0.15) is 0 Å². The van der Waals surface area contributed by atoms with Crippen LogP contribution in [0.4, 0.5) is 0 Å². The molecule has 0 heterocycles. The van der Waals surface area contributed by atoms with Crippen LogP contribution in [0.3, 0.4) is 0 Å². The summed E-state index contributed by atoms with van der Waals surface area (Å²) in [5, 5.41) is 2.86. The molecule has 4 heteroatoms. The lowest BCUT2D eigenvalue weighted by atomic mass is 9.94. The van der Waals surface area contributed by atoms with Gasteiger partial charge in [0.1, 0.15) is 0 Å². The van der Waals surface area contributed by atoms with Gasteiger partial charge in [0.15, 0.2) is 0 Å². The number of nitrogens with two attached hydrogens (primary N) is 1. The molecule has 1 fully saturated rings. The van der Waals surface area contributed by atoms with Crippen LogP contribution in [0.15, 0.2) is 11.6 Å². The van der Waals surface area contributed by atoms with E-state index < -0.39 is 0 Å². The fourth-order valence-corrected chi connectivity index (χ4v) is 2.18. The zero-order valence-corrected chi connectivity index (χ0v) is 11.6. The maximum Gasteiger partial charge on any atom is 0.246 e. The van der Waals surface area contributed by atoms with Crippen molar-refractivity contribution in [3.05, 3.63) is 11.6 Å². The molecule has 1 amide bonds. The zero-order chi connectivity index (χ0) is 13.4. The van der Waals surface area contributed by atoms with Crippen molar-refractivity contribution in [3.63, 3.8) is 0 Å². The molecule has 0 unspecified atom stereocenters. The summed E-state index contributed by atoms with van der Waals surface area (Å²) in [6.07, 6.45) is 7.34. The maximum absolute atomic E-state index is 11.6. The second-order valence-corrected chi connectivity index (χ2v) is 4.96. The first-order chi connectivity index (χ1) is 8.63. The lowest BCUT2D eigenvalue weighted by molar-refractivity contribution is -0.117. The first-order valence-corrected chi connectivity index (χ1v) is 6.95. The van der Waals surface area contributed by atoms with Gasteiger partial charge in [-0.05, 0) is 39.0 Å². The number of allylic oxidation sites excluding steroid dienone is 1. The molecule has 0 atom stereocenters. The molecule has 0 aromatic carbocycles. The molecule has 1 saturated carbocycles. The summed E-state index contributed by atoms with van der Waals surface area (Å²) in [6, 6.07) is 0.353. The van der Waals surface area contributed by atoms with E-state index in [1.807, 2.05) is 19.9 Å². The summed E-state index contributed by atoms with van der Waals surface area (Å²) in [5.41, 5.74) is 6.61. The number of ether oxygens (including phenoxy) is 1. The van der Waals surface area contributed by atoms with Gasteiger partial charge < -0.3 is 15.8 Å². The molecule has 1 rings (SSSR count). The molecule has 0 aromatic heterocycles. The van der Waals surface area contributed by atoms with E-state index in [-0.39, 0.29) is 5.91 Å². The summed E-state index contributed by atoms with van der Waals surface area (Å²) in [7, 11) is 0. The Bertz CT molecular complexity index is 282. The Morgan fingerprint density at radius 2 is 2.06 bits per heavy atom. The van der Waals surface area contributed by atoms with Gasteiger partial charge in [-0.25, -0.2) is 0 Å². The van der Waals surface area contributed by atoms with Crippen LogP contribution in [0.1, 0.15) is 46.0 Å². The third kappa shape index (κ3) is 5.65. The van der Waals surface area contributed by atoms with Crippen molar-refractivity contribution in [1.29, 1.82) is 0 Å². The second kappa shape index (κ2) is 8.27. The molecule has 104 valence electrons. The number of carbonyl (C=O) groups excluding carboxylic acids is 1. The number of nitrogens with one attached hydrogen (secondary N) is 1. The van der Waals surface area contributed by atoms with Crippen molar-refractivity contribution in [3.8, 4) is 0 Å². The number of amides is 1. The highest BCUT2D eigenvalue weighted by atomic mass is 16.5. The van der Waals surface area contributed by atoms with E-state index in [9.17, 15) is 4.79 Å². The van der Waals surface area contributed by atoms with Crippen molar-refractivity contribution < 1.29 is 9.53 Å². The van der Waals surface area contributed by atoms with Gasteiger partial charge in [0.25, 0.3) is 0 Å². The van der Waals surface area contributed by atoms with Crippen molar-refractivity contribution in [2.45, 2.75) is 58.1 Å². The standard InChI is InChI=1S/C14H26N2O2/c1-3-4-11(2)14(17)16-9-10-18-13-7-5-12(15)6-8-13/h4,12-13H,3,5-10,15H2,1-2H3,(H,16,17)/b11-4-. The highest BCUT2D eigenvalue weighted by Crippen LogP contribution is 2.19. The van der Waals surface area contributed by atoms with Gasteiger partial charge in [0, 0.05) is 18.2 Å². The van der Waals surface area contributed by atoms with Gasteiger partial charge in [-0.3, -0.25) is 4.79 Å². The molecular weight excluding hydrogens is 228 g/mol. The van der Waals surface area contributed by atoms with Crippen molar-refractivity contribution in [2.75, 3.05) is 13.2 Å². The largest absolute Gasteiger partial charge is 0.376 e. The summed E-state index contributed by atoms with van der Waals surface area (Å²) < 4.78 is 5.73. The fourth-order valence-electron chi connectivity index (χ4n) is 2.18. The maximum atomic E-state index is 11.6. The molecule has 1 aliphatic carbocycles. The molecule has 0 aromatic rings. The Kier molecular flexibility index (Phi) is 6.98. The SMILES string of the molecule is CC/C=C(/C)C(=O)NCCOC1CCC(N)CC1. The number of rotatable bonds is 6. The molecule has 0 saturated heterocycles. The Hall–Kier alpha value is -0.870. The van der Waals surface area contributed by atoms with Crippen LogP contribution in [-0.4, -0.2) is 31.2 Å². The third-order valence-corrected chi connectivity index (χ3v) is 3.33. The van der Waals surface area contributed by atoms with E-state index in [1.54, 1.807) is 0 Å². The fraction of sp³-hybridized carbons (Fsp3) is 0.786. The normalized spacial score (nSPS) is 24.9. The first kappa shape index (κ1) is 15.2. The number of carbonyl (C=O) groups is 1. The van der Waals surface area contributed by atoms with Crippen LogP contribution in [0.25, 0.3) is 0 Å². The minimum atomic E-state index is 0.00566. The molecule has 0 bridgehead atoms. The van der Waals surface area contributed by atoms with Crippen LogP contribution in [0.2, 0.25) is 0 Å². The summed E-state index contributed by atoms with van der Waals surface area (Å²) in [6.45, 7) is 5.03. The molecule has 18 heavy (non-hydrogen) atoms. The summed E-state index contributed by atoms with van der Waals surface area (Å²) >= 11 is 0. The van der Waals surface area contributed by atoms with Crippen LogP contribution in [-0.2, 0) is 9.53 Å². The molecule has 0 radical (unpaired) electrons. The van der Waals surface area contributed by atoms with E-state index >= 15 is 0 Å². The number of hydrogen-bond acceptors (Lipinski definition) is 3.